The summed E-state index contributed by atoms with van der Waals surface area (Å²) in [6.07, 6.45) is 12.1. The van der Waals surface area contributed by atoms with Crippen molar-refractivity contribution in [2.75, 3.05) is 20.8 Å². The predicted molar refractivity (Wildman–Crippen MR) is 238 cm³/mol. The van der Waals surface area contributed by atoms with Gasteiger partial charge in [-0.3, -0.25) is 19.2 Å². The number of carbonyl (C=O) groups is 5. The summed E-state index contributed by atoms with van der Waals surface area (Å²) in [5, 5.41) is 21.5. The van der Waals surface area contributed by atoms with E-state index in [4.69, 9.17) is 18.9 Å². The van der Waals surface area contributed by atoms with Crippen LogP contribution >= 0.6 is 0 Å². The lowest BCUT2D eigenvalue weighted by molar-refractivity contribution is -0.231. The summed E-state index contributed by atoms with van der Waals surface area (Å²) in [6.45, 7) is 12.7. The zero-order valence-electron chi connectivity index (χ0n) is 39.3. The van der Waals surface area contributed by atoms with Gasteiger partial charge in [-0.1, -0.05) is 71.1 Å². The number of esters is 1. The minimum Gasteiger partial charge on any atom is -0.460 e. The Morgan fingerprint density at radius 2 is 1.59 bits per heavy atom. The summed E-state index contributed by atoms with van der Waals surface area (Å²) in [7, 11) is 3.11. The topological polar surface area (TPSA) is 166 Å². The minimum absolute atomic E-state index is 0.0439. The molecule has 12 nitrogen and oxygen atoms in total. The number of hydrogen-bond acceptors (Lipinski definition) is 11. The van der Waals surface area contributed by atoms with E-state index in [1.54, 1.807) is 41.1 Å². The van der Waals surface area contributed by atoms with Gasteiger partial charge in [0.05, 0.1) is 30.5 Å². The van der Waals surface area contributed by atoms with Gasteiger partial charge in [0.15, 0.2) is 0 Å². The maximum absolute atomic E-state index is 17.0. The molecule has 4 rings (SSSR count). The second-order valence-electron chi connectivity index (χ2n) is 19.2. The lowest BCUT2D eigenvalue weighted by atomic mass is 9.78. The second kappa shape index (κ2) is 24.2. The van der Waals surface area contributed by atoms with Crippen LogP contribution in [0.4, 0.5) is 4.39 Å². The second-order valence-corrected chi connectivity index (χ2v) is 19.2. The average molecular weight is 886 g/mol. The van der Waals surface area contributed by atoms with E-state index in [1.165, 1.54) is 0 Å². The van der Waals surface area contributed by atoms with Crippen molar-refractivity contribution < 1.29 is 57.5 Å². The van der Waals surface area contributed by atoms with Crippen LogP contribution in [-0.2, 0) is 42.9 Å². The number of Topliss-reactive ketones (excluding diaryl/α,β-unsaturated/α-hetero) is 3. The lowest BCUT2D eigenvalue weighted by Crippen LogP contribution is -2.59. The number of allylic oxidation sites excluding steroid dienone is 6. The number of rotatable bonds is 5. The summed E-state index contributed by atoms with van der Waals surface area (Å²) < 4.78 is 40.5. The molecule has 3 fully saturated rings. The van der Waals surface area contributed by atoms with Gasteiger partial charge in [-0.25, -0.2) is 9.18 Å². The molecule has 0 radical (unpaired) electrons. The van der Waals surface area contributed by atoms with Gasteiger partial charge in [-0.2, -0.15) is 0 Å². The summed E-state index contributed by atoms with van der Waals surface area (Å²) in [6, 6.07) is -1.18. The smallest absolute Gasteiger partial charge is 0.329 e. The molecule has 1 amide bonds. The highest BCUT2D eigenvalue weighted by molar-refractivity contribution is 6.39. The van der Waals surface area contributed by atoms with Gasteiger partial charge in [-0.05, 0) is 107 Å². The third-order valence-corrected chi connectivity index (χ3v) is 14.1. The SMILES string of the molecule is COC1C[C@@H]2CC[C@@H](C)C(F)(O2)C(=O)C(=O)N2CCCCC2C(=O)OC([C@H](C)C[C@@H]2CCC(O)C(OC)C2)CC(=O)[C@H](C)/C=C(\C)C(O)CC(=O)[C@H](C)C[C@H](C)/C=C/C=C/C=C/1C. The first-order valence-electron chi connectivity index (χ1n) is 23.4. The van der Waals surface area contributed by atoms with Crippen molar-refractivity contribution in [3.05, 3.63) is 47.6 Å². The quantitative estimate of drug-likeness (QED) is 0.159. The third-order valence-electron chi connectivity index (χ3n) is 14.1. The van der Waals surface area contributed by atoms with Crippen LogP contribution in [0, 0.1) is 35.5 Å². The maximum Gasteiger partial charge on any atom is 0.329 e. The molecule has 354 valence electrons. The molecule has 63 heavy (non-hydrogen) atoms. The third kappa shape index (κ3) is 14.3. The molecule has 13 heteroatoms. The molecular formula is C50H76FNO11. The Morgan fingerprint density at radius 3 is 2.29 bits per heavy atom. The molecule has 0 aromatic rings. The number of halogens is 1. The summed E-state index contributed by atoms with van der Waals surface area (Å²) >= 11 is 0. The highest BCUT2D eigenvalue weighted by Crippen LogP contribution is 2.40. The monoisotopic (exact) mass is 886 g/mol. The van der Waals surface area contributed by atoms with E-state index < -0.39 is 71.9 Å². The largest absolute Gasteiger partial charge is 0.460 e. The molecule has 2 N–H and O–H groups in total. The van der Waals surface area contributed by atoms with Gasteiger partial charge in [-0.15, -0.1) is 0 Å². The number of carbonyl (C=O) groups excluding carboxylic acids is 5. The Hall–Kier alpha value is -3.36. The molecule has 14 atom stereocenters. The number of aliphatic hydroxyl groups excluding tert-OH is 2. The minimum atomic E-state index is -2.92. The number of fused-ring (bicyclic) bond motifs is 3. The van der Waals surface area contributed by atoms with Gasteiger partial charge in [0.2, 0.25) is 0 Å². The molecule has 0 spiro atoms. The highest BCUT2D eigenvalue weighted by atomic mass is 19.2. The zero-order chi connectivity index (χ0) is 46.6. The Kier molecular flexibility index (Phi) is 20.1. The number of hydrogen-bond donors (Lipinski definition) is 2. The molecule has 0 aromatic carbocycles. The van der Waals surface area contributed by atoms with E-state index in [-0.39, 0.29) is 73.6 Å². The number of amides is 1. The van der Waals surface area contributed by atoms with E-state index in [2.05, 4.69) is 0 Å². The van der Waals surface area contributed by atoms with Crippen LogP contribution in [0.5, 0.6) is 0 Å². The van der Waals surface area contributed by atoms with E-state index >= 15 is 4.39 Å². The molecule has 2 saturated heterocycles. The van der Waals surface area contributed by atoms with Crippen LogP contribution < -0.4 is 0 Å². The van der Waals surface area contributed by atoms with Crippen molar-refractivity contribution in [2.45, 2.75) is 180 Å². The number of alkyl halides is 1. The van der Waals surface area contributed by atoms with Crippen LogP contribution in [0.15, 0.2) is 47.6 Å². The van der Waals surface area contributed by atoms with Crippen LogP contribution in [0.3, 0.4) is 0 Å². The molecule has 2 bridgehead atoms. The van der Waals surface area contributed by atoms with E-state index in [1.807, 2.05) is 58.1 Å². The summed E-state index contributed by atoms with van der Waals surface area (Å²) in [5.74, 6) is -8.57. The van der Waals surface area contributed by atoms with Crippen molar-refractivity contribution in [2.24, 2.45) is 35.5 Å². The number of nitrogens with zero attached hydrogens (tertiary/aromatic N) is 1. The first-order chi connectivity index (χ1) is 29.8. The molecular weight excluding hydrogens is 810 g/mol. The van der Waals surface area contributed by atoms with Crippen LogP contribution in [-0.4, -0.2) is 114 Å². The van der Waals surface area contributed by atoms with Crippen LogP contribution in [0.25, 0.3) is 0 Å². The number of ether oxygens (including phenoxy) is 4. The van der Waals surface area contributed by atoms with Gasteiger partial charge in [0.1, 0.15) is 23.7 Å². The Bertz CT molecular complexity index is 1710. The standard InChI is InChI=1S/C50H76FNO11/c1-30-15-11-10-12-16-31(2)44(60-8)27-38-20-18-36(7)50(51,63-38)47(57)48(58)52-22-14-13-17-39(52)49(59)62-45(35(6)25-37-19-21-40(53)46(26-37)61-9)29-43(56)34(5)24-33(4)42(55)28-41(54)32(3)23-30/h10-12,15-16,24,30,32,34-40,42,44-46,53,55H,13-14,17-23,25-29H2,1-9H3/b12-10+,15-11+,31-16+,33-24+/t30-,32-,34-,35-,36-,37+,38+,39?,40?,42?,44?,45?,46?,50?/m1/s1. The lowest BCUT2D eigenvalue weighted by Gasteiger charge is -2.41. The molecule has 1 aliphatic carbocycles. The van der Waals surface area contributed by atoms with Crippen molar-refractivity contribution in [1.82, 2.24) is 4.90 Å². The predicted octanol–water partition coefficient (Wildman–Crippen LogP) is 7.53. The first-order valence-corrected chi connectivity index (χ1v) is 23.4. The molecule has 7 unspecified atom stereocenters. The molecule has 3 heterocycles. The summed E-state index contributed by atoms with van der Waals surface area (Å²) in [5.41, 5.74) is 1.34. The molecule has 1 saturated carbocycles. The number of methoxy groups -OCH3 is 2. The maximum atomic E-state index is 17.0. The normalized spacial score (nSPS) is 40.1. The fourth-order valence-corrected chi connectivity index (χ4v) is 9.75. The molecule has 4 aliphatic rings. The Labute approximate surface area is 375 Å². The van der Waals surface area contributed by atoms with Crippen molar-refractivity contribution in [3.63, 3.8) is 0 Å². The average Bonchev–Trinajstić information content (AvgIpc) is 3.25. The number of aliphatic hydroxyl groups is 2. The van der Waals surface area contributed by atoms with Gasteiger partial charge < -0.3 is 34.1 Å². The fraction of sp³-hybridized carbons (Fsp3) is 0.740. The van der Waals surface area contributed by atoms with Crippen LogP contribution in [0.2, 0.25) is 0 Å². The van der Waals surface area contributed by atoms with E-state index in [0.717, 1.165) is 16.9 Å². The van der Waals surface area contributed by atoms with Gasteiger partial charge >= 0.3 is 5.97 Å². The van der Waals surface area contributed by atoms with Gasteiger partial charge in [0, 0.05) is 57.8 Å². The van der Waals surface area contributed by atoms with Crippen molar-refractivity contribution in [1.29, 1.82) is 0 Å². The number of piperidine rings is 1. The van der Waals surface area contributed by atoms with Crippen LogP contribution in [0.1, 0.15) is 132 Å². The number of ketones is 3. The van der Waals surface area contributed by atoms with E-state index in [0.29, 0.717) is 56.9 Å². The highest BCUT2D eigenvalue weighted by Gasteiger charge is 2.55. The molecule has 3 aliphatic heterocycles. The molecule has 0 aromatic heterocycles. The van der Waals surface area contributed by atoms with Gasteiger partial charge in [0.25, 0.3) is 17.5 Å². The van der Waals surface area contributed by atoms with Crippen molar-refractivity contribution in [3.8, 4) is 0 Å². The fourth-order valence-electron chi connectivity index (χ4n) is 9.75. The van der Waals surface area contributed by atoms with E-state index in [9.17, 15) is 34.2 Å². The summed E-state index contributed by atoms with van der Waals surface area (Å²) in [4.78, 5) is 70.8. The Balaban J connectivity index is 1.67. The number of cyclic esters (lactones) is 1. The van der Waals surface area contributed by atoms with Crippen molar-refractivity contribution >= 4 is 29.2 Å². The first kappa shape index (κ1) is 52.3. The Morgan fingerprint density at radius 1 is 0.857 bits per heavy atom. The zero-order valence-corrected chi connectivity index (χ0v) is 39.3.